The highest BCUT2D eigenvalue weighted by Crippen LogP contribution is 2.41. The molecule has 21 heteroatoms. The molecule has 3 aromatic rings. The molecule has 4 heterocycles. The molecule has 1 aliphatic carbocycles. The van der Waals surface area contributed by atoms with Crippen LogP contribution < -0.4 is 30.7 Å². The Bertz CT molecular complexity index is 2960. The van der Waals surface area contributed by atoms with Gasteiger partial charge >= 0.3 is 5.97 Å². The Balaban J connectivity index is 1.04. The van der Waals surface area contributed by atoms with E-state index in [1.165, 1.54) is 18.6 Å². The fraction of sp³-hybridized carbons (Fsp3) is 0.552. The maximum Gasteiger partial charge on any atom is 0.343 e. The summed E-state index contributed by atoms with van der Waals surface area (Å²) < 4.78 is 34.7. The van der Waals surface area contributed by atoms with Crippen molar-refractivity contribution in [1.82, 2.24) is 41.1 Å². The Morgan fingerprint density at radius 3 is 2.33 bits per heavy atom. The first-order chi connectivity index (χ1) is 37.8. The molecule has 20 nitrogen and oxygen atoms in total. The molecule has 4 amide bonds. The summed E-state index contributed by atoms with van der Waals surface area (Å²) in [6.07, 6.45) is 12.2. The Kier molecular flexibility index (Phi) is 22.5. The second-order valence-electron chi connectivity index (χ2n) is 20.6. The molecule has 5 N–H and O–H groups in total. The molecule has 6 rings (SSSR count). The summed E-state index contributed by atoms with van der Waals surface area (Å²) in [5.41, 5.74) is 2.76. The quantitative estimate of drug-likeness (QED) is 0.0174. The number of aromatic nitrogens is 3. The average Bonchev–Trinajstić information content (AvgIpc) is 3.98. The van der Waals surface area contributed by atoms with Crippen LogP contribution in [0.4, 0.5) is 0 Å². The van der Waals surface area contributed by atoms with Gasteiger partial charge in [0.2, 0.25) is 35.6 Å². The fourth-order valence-corrected chi connectivity index (χ4v) is 10.3. The SMILES string of the molecule is C=S(C)(=O)c1ncc(C#CCCCC(=O)NC(C(=O)N[C@@H](CCCCN(CCC)CCC)C(=O)NCC(=O)NCOCCCc2c3c(nc4cc5c(cc24)OCO5)/C(C)=C/C2=C(COC(=O)[C@]2(O)CC)C(=O)CC3)C(C)C)cn1. The third kappa shape index (κ3) is 16.7. The second kappa shape index (κ2) is 28.9. The van der Waals surface area contributed by atoms with Crippen LogP contribution in [-0.4, -0.2) is 147 Å². The number of cyclic esters (lactones) is 1. The number of nitrogens with one attached hydrogen (secondary N) is 4. The van der Waals surface area contributed by atoms with Gasteiger partial charge in [0, 0.05) is 76.6 Å². The number of pyridine rings is 1. The highest BCUT2D eigenvalue weighted by atomic mass is 32.2. The first kappa shape index (κ1) is 61.5. The van der Waals surface area contributed by atoms with Gasteiger partial charge < -0.3 is 50.2 Å². The second-order valence-corrected chi connectivity index (χ2v) is 23.0. The molecule has 1 aromatic carbocycles. The molecule has 0 spiro atoms. The van der Waals surface area contributed by atoms with Crippen LogP contribution in [0, 0.1) is 17.8 Å². The summed E-state index contributed by atoms with van der Waals surface area (Å²) in [5, 5.41) is 23.6. The predicted molar refractivity (Wildman–Crippen MR) is 300 cm³/mol. The summed E-state index contributed by atoms with van der Waals surface area (Å²) in [6.45, 7) is 13.7. The number of benzene rings is 1. The Morgan fingerprint density at radius 2 is 1.65 bits per heavy atom. The zero-order chi connectivity index (χ0) is 57.3. The van der Waals surface area contributed by atoms with Crippen molar-refractivity contribution in [3.05, 3.63) is 64.1 Å². The van der Waals surface area contributed by atoms with E-state index in [1.807, 2.05) is 19.1 Å². The zero-order valence-electron chi connectivity index (χ0n) is 46.8. The Labute approximate surface area is 464 Å². The van der Waals surface area contributed by atoms with Crippen LogP contribution in [0.15, 0.2) is 46.9 Å². The molecule has 79 heavy (non-hydrogen) atoms. The molecule has 0 saturated heterocycles. The minimum Gasteiger partial charge on any atom is -0.458 e. The lowest BCUT2D eigenvalue weighted by Gasteiger charge is -2.32. The Hall–Kier alpha value is -6.73. The summed E-state index contributed by atoms with van der Waals surface area (Å²) >= 11 is 0. The maximum absolute atomic E-state index is 13.8. The number of ether oxygens (including phenoxy) is 4. The molecular formula is C58H78N8O12S. The number of Topliss-reactive ketones (excluding diaryl/α,β-unsaturated/α-hetero) is 1. The van der Waals surface area contributed by atoms with Gasteiger partial charge in [0.1, 0.15) is 25.4 Å². The van der Waals surface area contributed by atoms with Gasteiger partial charge in [-0.2, -0.15) is 0 Å². The number of allylic oxidation sites excluding steroid dienone is 1. The number of fused-ring (bicyclic) bond motifs is 3. The fourth-order valence-electron chi connectivity index (χ4n) is 9.76. The van der Waals surface area contributed by atoms with Crippen LogP contribution in [0.5, 0.6) is 11.5 Å². The molecule has 3 aliphatic rings. The van der Waals surface area contributed by atoms with E-state index in [1.54, 1.807) is 26.8 Å². The van der Waals surface area contributed by atoms with Crippen LogP contribution in [0.1, 0.15) is 135 Å². The average molecular weight is 1110 g/mol. The number of hydrogen-bond acceptors (Lipinski definition) is 16. The lowest BCUT2D eigenvalue weighted by molar-refractivity contribution is -0.163. The van der Waals surface area contributed by atoms with Gasteiger partial charge in [-0.05, 0) is 131 Å². The normalized spacial score (nSPS) is 18.1. The molecule has 428 valence electrons. The number of amides is 4. The number of ketones is 1. The van der Waals surface area contributed by atoms with Crippen molar-refractivity contribution in [1.29, 1.82) is 0 Å². The van der Waals surface area contributed by atoms with E-state index in [0.717, 1.165) is 55.4 Å². The van der Waals surface area contributed by atoms with E-state index in [0.29, 0.717) is 78.8 Å². The monoisotopic (exact) mass is 1110 g/mol. The van der Waals surface area contributed by atoms with Crippen LogP contribution in [0.25, 0.3) is 16.5 Å². The van der Waals surface area contributed by atoms with Gasteiger partial charge in [0.05, 0.1) is 23.3 Å². The maximum atomic E-state index is 13.8. The first-order valence-corrected chi connectivity index (χ1v) is 29.6. The Morgan fingerprint density at radius 1 is 0.924 bits per heavy atom. The lowest BCUT2D eigenvalue weighted by atomic mass is 9.83. The molecular weight excluding hydrogens is 1030 g/mol. The number of nitrogens with zero attached hydrogens (tertiary/aromatic N) is 4. The minimum absolute atomic E-state index is 0.0186. The number of hydrogen-bond donors (Lipinski definition) is 5. The molecule has 0 radical (unpaired) electrons. The van der Waals surface area contributed by atoms with Crippen molar-refractivity contribution in [2.75, 3.05) is 59.2 Å². The molecule has 0 fully saturated rings. The molecule has 2 unspecified atom stereocenters. The highest BCUT2D eigenvalue weighted by Gasteiger charge is 2.45. The summed E-state index contributed by atoms with van der Waals surface area (Å²) in [6, 6.07) is 1.80. The van der Waals surface area contributed by atoms with E-state index in [-0.39, 0.29) is 86.5 Å². The van der Waals surface area contributed by atoms with Crippen molar-refractivity contribution in [2.24, 2.45) is 5.92 Å². The summed E-state index contributed by atoms with van der Waals surface area (Å²) in [7, 11) is -2.54. The predicted octanol–water partition coefficient (Wildman–Crippen LogP) is 4.65. The van der Waals surface area contributed by atoms with E-state index in [2.05, 4.69) is 67.7 Å². The van der Waals surface area contributed by atoms with Crippen LogP contribution in [0.3, 0.4) is 0 Å². The third-order valence-corrected chi connectivity index (χ3v) is 15.0. The van der Waals surface area contributed by atoms with E-state index in [9.17, 15) is 38.1 Å². The third-order valence-electron chi connectivity index (χ3n) is 14.0. The van der Waals surface area contributed by atoms with Crippen LogP contribution in [0.2, 0.25) is 0 Å². The number of esters is 1. The smallest absolute Gasteiger partial charge is 0.343 e. The summed E-state index contributed by atoms with van der Waals surface area (Å²) in [4.78, 5) is 96.1. The van der Waals surface area contributed by atoms with Crippen molar-refractivity contribution < 1.29 is 57.0 Å². The topological polar surface area (TPSA) is 267 Å². The lowest BCUT2D eigenvalue weighted by Crippen LogP contribution is -2.56. The van der Waals surface area contributed by atoms with E-state index in [4.69, 9.17) is 23.9 Å². The van der Waals surface area contributed by atoms with Crippen molar-refractivity contribution >= 4 is 67.2 Å². The molecule has 4 atom stereocenters. The summed E-state index contributed by atoms with van der Waals surface area (Å²) in [5.74, 6) is 7.39. The highest BCUT2D eigenvalue weighted by molar-refractivity contribution is 7.99. The number of carbonyl (C=O) groups is 6. The van der Waals surface area contributed by atoms with Gasteiger partial charge in [-0.15, -0.1) is 0 Å². The first-order valence-electron chi connectivity index (χ1n) is 27.4. The molecule has 2 aliphatic heterocycles. The number of carbonyl (C=O) groups excluding carboxylic acids is 6. The van der Waals surface area contributed by atoms with Crippen LogP contribution >= 0.6 is 0 Å². The van der Waals surface area contributed by atoms with Gasteiger partial charge in [-0.1, -0.05) is 46.5 Å². The van der Waals surface area contributed by atoms with Crippen LogP contribution in [-0.2, 0) is 60.6 Å². The molecule has 0 saturated carbocycles. The minimum atomic E-state index is -2.54. The van der Waals surface area contributed by atoms with Gasteiger partial charge in [-0.25, -0.2) is 19.7 Å². The largest absolute Gasteiger partial charge is 0.458 e. The van der Waals surface area contributed by atoms with Gasteiger partial charge in [0.15, 0.2) is 22.9 Å². The molecule has 2 aromatic heterocycles. The number of rotatable bonds is 27. The number of aryl methyl sites for hydroxylation is 1. The standard InChI is InChI=1S/C58H78N8O12S/c1-9-24-66(25-10-2)26-16-15-20-45(64-55(71)52(37(4)5)65-50(68)21-14-12-13-18-39-31-60-57(61-32-39)79(7,8)74)54(70)59-33-51(69)62-35-75-27-17-19-40-41-22-23-47(67)43-34-76-56(72)58(73,11-3)44(43)28-38(6)53(41)63-46-30-49-48(29-42(40)46)77-36-78-49/h28-32,37,45,52,73H,7,9-12,14-17,19-27,33-36H2,1-6,8H3,(H,59,70)(H,62,69)(H,64,71)(H,65,68)/b38-28+/t45-,52?,58-,79?/m0/s1. The van der Waals surface area contributed by atoms with E-state index < -0.39 is 50.9 Å². The van der Waals surface area contributed by atoms with Gasteiger partial charge in [0.25, 0.3) is 0 Å². The zero-order valence-corrected chi connectivity index (χ0v) is 47.6. The number of aliphatic hydroxyl groups is 1. The molecule has 0 bridgehead atoms. The van der Waals surface area contributed by atoms with Gasteiger partial charge in [-0.3, -0.25) is 28.2 Å². The van der Waals surface area contributed by atoms with Crippen molar-refractivity contribution in [3.63, 3.8) is 0 Å². The van der Waals surface area contributed by atoms with Crippen molar-refractivity contribution in [3.8, 4) is 23.3 Å². The van der Waals surface area contributed by atoms with Crippen molar-refractivity contribution in [2.45, 2.75) is 148 Å². The number of unbranched alkanes of at least 4 members (excludes halogenated alkanes) is 2. The van der Waals surface area contributed by atoms with E-state index >= 15 is 0 Å².